The molecule has 1 aromatic carbocycles. The maximum Gasteiger partial charge on any atom is 0.407 e. The van der Waals surface area contributed by atoms with Crippen molar-refractivity contribution >= 4 is 29.4 Å². The highest BCUT2D eigenvalue weighted by Gasteiger charge is 2.52. The van der Waals surface area contributed by atoms with Crippen molar-refractivity contribution in [3.8, 4) is 11.4 Å². The Labute approximate surface area is 236 Å². The van der Waals surface area contributed by atoms with Gasteiger partial charge in [0.2, 0.25) is 11.7 Å². The van der Waals surface area contributed by atoms with Gasteiger partial charge in [0.15, 0.2) is 5.15 Å². The smallest absolute Gasteiger partial charge is 0.407 e. The van der Waals surface area contributed by atoms with E-state index in [-0.39, 0.29) is 41.5 Å². The quantitative estimate of drug-likeness (QED) is 0.192. The first-order chi connectivity index (χ1) is 19.0. The van der Waals surface area contributed by atoms with Gasteiger partial charge in [-0.05, 0) is 42.5 Å². The number of carboxylic acid groups (broad SMARTS) is 1. The summed E-state index contributed by atoms with van der Waals surface area (Å²) < 4.78 is 18.5. The van der Waals surface area contributed by atoms with Gasteiger partial charge in [0.25, 0.3) is 5.89 Å². The van der Waals surface area contributed by atoms with E-state index in [1.54, 1.807) is 12.1 Å². The Balaban J connectivity index is 1.47. The molecule has 1 saturated heterocycles. The molecule has 3 aromatic rings. The van der Waals surface area contributed by atoms with E-state index in [1.807, 2.05) is 20.8 Å². The number of halogens is 2. The Morgan fingerprint density at radius 3 is 2.58 bits per heavy atom. The third-order valence-corrected chi connectivity index (χ3v) is 7.40. The summed E-state index contributed by atoms with van der Waals surface area (Å²) >= 11 is 6.52. The molecule has 12 heteroatoms. The molecule has 1 fully saturated rings. The molecule has 4 rings (SSSR count). The molecule has 2 amide bonds. The molecule has 3 N–H and O–H groups in total. The summed E-state index contributed by atoms with van der Waals surface area (Å²) in [6.45, 7) is 5.83. The number of carbonyl (C=O) groups is 3. The lowest BCUT2D eigenvalue weighted by Gasteiger charge is -2.52. The van der Waals surface area contributed by atoms with Crippen molar-refractivity contribution in [2.24, 2.45) is 11.3 Å². The molecule has 0 saturated carbocycles. The monoisotopic (exact) mass is 573 g/mol. The molecule has 0 spiro atoms. The zero-order valence-electron chi connectivity index (χ0n) is 22.6. The second kappa shape index (κ2) is 12.2. The Morgan fingerprint density at radius 1 is 1.23 bits per heavy atom. The SMILES string of the molecule is CC(C)(C)C1C(C(=O)NC(CCCCCC(=O)c2ncco2)c2[nH]c(-c3ccc(F)cc3)nc2Cl)CN1C(=O)O. The minimum atomic E-state index is -1.06. The van der Waals surface area contributed by atoms with Crippen LogP contribution in [0.15, 0.2) is 41.1 Å². The highest BCUT2D eigenvalue weighted by Crippen LogP contribution is 2.39. The van der Waals surface area contributed by atoms with Crippen molar-refractivity contribution < 1.29 is 28.3 Å². The van der Waals surface area contributed by atoms with E-state index in [9.17, 15) is 23.9 Å². The Bertz CT molecular complexity index is 1340. The van der Waals surface area contributed by atoms with Crippen LogP contribution in [0, 0.1) is 17.2 Å². The molecule has 3 heterocycles. The first-order valence-corrected chi connectivity index (χ1v) is 13.6. The number of nitrogens with one attached hydrogen (secondary N) is 2. The van der Waals surface area contributed by atoms with Gasteiger partial charge in [-0.1, -0.05) is 45.2 Å². The van der Waals surface area contributed by atoms with Gasteiger partial charge in [0, 0.05) is 18.5 Å². The Hall–Kier alpha value is -3.73. The third-order valence-electron chi connectivity index (χ3n) is 7.12. The normalized spacial score (nSPS) is 17.8. The highest BCUT2D eigenvalue weighted by atomic mass is 35.5. The van der Waals surface area contributed by atoms with Gasteiger partial charge >= 0.3 is 6.09 Å². The summed E-state index contributed by atoms with van der Waals surface area (Å²) in [5, 5.41) is 12.8. The predicted octanol–water partition coefficient (Wildman–Crippen LogP) is 5.87. The molecule has 3 atom stereocenters. The van der Waals surface area contributed by atoms with E-state index < -0.39 is 29.5 Å². The number of benzene rings is 1. The fourth-order valence-electron chi connectivity index (χ4n) is 5.19. The van der Waals surface area contributed by atoms with Gasteiger partial charge in [-0.2, -0.15) is 0 Å². The lowest BCUT2D eigenvalue weighted by atomic mass is 9.72. The van der Waals surface area contributed by atoms with Crippen LogP contribution in [-0.4, -0.2) is 55.3 Å². The van der Waals surface area contributed by atoms with Crippen molar-refractivity contribution in [3.05, 3.63) is 59.3 Å². The average Bonchev–Trinajstić information content (AvgIpc) is 3.52. The molecule has 40 heavy (non-hydrogen) atoms. The van der Waals surface area contributed by atoms with E-state index >= 15 is 0 Å². The van der Waals surface area contributed by atoms with Gasteiger partial charge in [0.05, 0.1) is 29.9 Å². The zero-order chi connectivity index (χ0) is 29.0. The van der Waals surface area contributed by atoms with E-state index in [1.165, 1.54) is 29.5 Å². The van der Waals surface area contributed by atoms with Crippen LogP contribution in [-0.2, 0) is 4.79 Å². The largest absolute Gasteiger partial charge is 0.465 e. The first kappa shape index (κ1) is 29.3. The van der Waals surface area contributed by atoms with Gasteiger partial charge < -0.3 is 24.7 Å². The van der Waals surface area contributed by atoms with Crippen LogP contribution in [0.4, 0.5) is 9.18 Å². The maximum atomic E-state index is 13.5. The topological polar surface area (TPSA) is 141 Å². The van der Waals surface area contributed by atoms with E-state index in [0.717, 1.165) is 0 Å². The van der Waals surface area contributed by atoms with Crippen LogP contribution in [0.3, 0.4) is 0 Å². The average molecular weight is 574 g/mol. The number of likely N-dealkylation sites (tertiary alicyclic amines) is 1. The van der Waals surface area contributed by atoms with Crippen molar-refractivity contribution in [1.82, 2.24) is 25.2 Å². The zero-order valence-corrected chi connectivity index (χ0v) is 23.4. The van der Waals surface area contributed by atoms with Crippen molar-refractivity contribution in [2.45, 2.75) is 65.0 Å². The summed E-state index contributed by atoms with van der Waals surface area (Å²) in [7, 11) is 0. The molecule has 10 nitrogen and oxygen atoms in total. The fraction of sp³-hybridized carbons (Fsp3) is 0.464. The van der Waals surface area contributed by atoms with E-state index in [0.29, 0.717) is 42.8 Å². The highest BCUT2D eigenvalue weighted by molar-refractivity contribution is 6.30. The molecule has 2 aromatic heterocycles. The number of nitrogens with zero attached hydrogens (tertiary/aromatic N) is 3. The van der Waals surface area contributed by atoms with Gasteiger partial charge in [-0.25, -0.2) is 19.2 Å². The number of hydrogen-bond donors (Lipinski definition) is 3. The van der Waals surface area contributed by atoms with Gasteiger partial charge in [-0.3, -0.25) is 9.59 Å². The first-order valence-electron chi connectivity index (χ1n) is 13.2. The molecule has 0 bridgehead atoms. The summed E-state index contributed by atoms with van der Waals surface area (Å²) in [4.78, 5) is 50.0. The molecule has 1 aliphatic rings. The second-order valence-corrected chi connectivity index (χ2v) is 11.4. The maximum absolute atomic E-state index is 13.5. The number of H-pyrrole nitrogens is 1. The molecule has 0 aliphatic carbocycles. The summed E-state index contributed by atoms with van der Waals surface area (Å²) in [5.41, 5.74) is 0.700. The molecule has 0 radical (unpaired) electrons. The third kappa shape index (κ3) is 6.70. The molecule has 214 valence electrons. The number of ketones is 1. The molecular formula is C28H33ClFN5O5. The number of hydrogen-bond acceptors (Lipinski definition) is 6. The Kier molecular flexibility index (Phi) is 8.92. The molecule has 1 aliphatic heterocycles. The number of unbranched alkanes of at least 4 members (excludes halogenated alkanes) is 2. The minimum Gasteiger partial charge on any atom is -0.465 e. The van der Waals surface area contributed by atoms with E-state index in [4.69, 9.17) is 16.0 Å². The number of rotatable bonds is 11. The lowest BCUT2D eigenvalue weighted by Crippen LogP contribution is -2.67. The standard InChI is InChI=1S/C28H33ClFN5O5/c1-28(2,3)22-18(15-35(22)27(38)39)25(37)32-19(7-5-4-6-8-20(36)26-31-13-14-40-26)21-23(29)34-24(33-21)16-9-11-17(30)12-10-16/h9-14,18-19,22H,4-8,15H2,1-3H3,(H,32,37)(H,33,34)(H,38,39). The number of amides is 2. The van der Waals surface area contributed by atoms with Crippen LogP contribution in [0.1, 0.15) is 75.3 Å². The number of oxazole rings is 1. The van der Waals surface area contributed by atoms with Crippen LogP contribution in [0.5, 0.6) is 0 Å². The second-order valence-electron chi connectivity index (χ2n) is 11.1. The van der Waals surface area contributed by atoms with E-state index in [2.05, 4.69) is 20.3 Å². The van der Waals surface area contributed by atoms with Crippen molar-refractivity contribution in [2.75, 3.05) is 6.54 Å². The number of aromatic nitrogens is 3. The molecule has 3 unspecified atom stereocenters. The summed E-state index contributed by atoms with van der Waals surface area (Å²) in [5.74, 6) is -0.809. The lowest BCUT2D eigenvalue weighted by molar-refractivity contribution is -0.138. The van der Waals surface area contributed by atoms with Crippen LogP contribution >= 0.6 is 11.6 Å². The van der Waals surface area contributed by atoms with Crippen molar-refractivity contribution in [3.63, 3.8) is 0 Å². The summed E-state index contributed by atoms with van der Waals surface area (Å²) in [6, 6.07) is 4.79. The number of aromatic amines is 1. The van der Waals surface area contributed by atoms with Crippen LogP contribution < -0.4 is 5.32 Å². The summed E-state index contributed by atoms with van der Waals surface area (Å²) in [6.07, 6.45) is 4.50. The van der Waals surface area contributed by atoms with Gasteiger partial charge in [-0.15, -0.1) is 0 Å². The van der Waals surface area contributed by atoms with Crippen LogP contribution in [0.25, 0.3) is 11.4 Å². The van der Waals surface area contributed by atoms with Crippen LogP contribution in [0.2, 0.25) is 5.15 Å². The van der Waals surface area contributed by atoms with Gasteiger partial charge in [0.1, 0.15) is 17.9 Å². The number of imidazole rings is 1. The Morgan fingerprint density at radius 2 is 1.95 bits per heavy atom. The molecular weight excluding hydrogens is 541 g/mol. The predicted molar refractivity (Wildman–Crippen MR) is 145 cm³/mol. The number of carbonyl (C=O) groups excluding carboxylic acids is 2. The fourth-order valence-corrected chi connectivity index (χ4v) is 5.45. The van der Waals surface area contributed by atoms with Crippen molar-refractivity contribution in [1.29, 1.82) is 0 Å². The number of Topliss-reactive ketones (excluding diaryl/α,β-unsaturated/α-hetero) is 1. The minimum absolute atomic E-state index is 0.0898.